The number of amides is 2. The van der Waals surface area contributed by atoms with Crippen molar-refractivity contribution in [3.8, 4) is 0 Å². The molecule has 6 rings (SSSR count). The number of piperidine rings is 1. The smallest absolute Gasteiger partial charge is 0.253 e. The minimum Gasteiger partial charge on any atom is -0.353 e. The van der Waals surface area contributed by atoms with Gasteiger partial charge in [0.05, 0.1) is 0 Å². The Morgan fingerprint density at radius 1 is 0.968 bits per heavy atom. The molecule has 4 aliphatic carbocycles. The minimum absolute atomic E-state index is 0.119. The van der Waals surface area contributed by atoms with Gasteiger partial charge in [-0.15, -0.1) is 0 Å². The predicted octanol–water partition coefficient (Wildman–Crippen LogP) is 5.14. The summed E-state index contributed by atoms with van der Waals surface area (Å²) in [4.78, 5) is 27.7. The third-order valence-corrected chi connectivity index (χ3v) is 8.67. The van der Waals surface area contributed by atoms with Crippen molar-refractivity contribution in [1.82, 2.24) is 10.2 Å². The highest BCUT2D eigenvalue weighted by Gasteiger charge is 2.51. The zero-order valence-electron chi connectivity index (χ0n) is 19.2. The maximum absolute atomic E-state index is 12.9. The number of carbonyl (C=O) groups excluding carboxylic acids is 2. The van der Waals surface area contributed by atoms with E-state index in [4.69, 9.17) is 0 Å². The van der Waals surface area contributed by atoms with Crippen LogP contribution < -0.4 is 5.32 Å². The maximum atomic E-state index is 12.9. The van der Waals surface area contributed by atoms with E-state index >= 15 is 0 Å². The molecule has 1 saturated heterocycles. The molecule has 1 heterocycles. The maximum Gasteiger partial charge on any atom is 0.253 e. The largest absolute Gasteiger partial charge is 0.353 e. The standard InChI is InChI=1S/C27H38N2O2/c1-18(2)22-3-5-23(6-4-22)26(31)29-9-7-24(8-10-29)28-25(30)17-27-14-19-11-20(15-27)13-21(12-19)16-27/h3-6,18-21,24H,7-17H2,1-2H3,(H,28,30). The summed E-state index contributed by atoms with van der Waals surface area (Å²) in [5.74, 6) is 3.53. The Morgan fingerprint density at radius 2 is 1.52 bits per heavy atom. The fraction of sp³-hybridized carbons (Fsp3) is 0.704. The fourth-order valence-electron chi connectivity index (χ4n) is 7.55. The van der Waals surface area contributed by atoms with E-state index in [0.717, 1.165) is 55.7 Å². The van der Waals surface area contributed by atoms with Gasteiger partial charge in [0.15, 0.2) is 0 Å². The zero-order valence-corrected chi connectivity index (χ0v) is 19.2. The van der Waals surface area contributed by atoms with Crippen molar-refractivity contribution >= 4 is 11.8 Å². The second-order valence-electron chi connectivity index (χ2n) is 11.5. The van der Waals surface area contributed by atoms with E-state index in [0.29, 0.717) is 11.3 Å². The molecule has 4 saturated carbocycles. The summed E-state index contributed by atoms with van der Waals surface area (Å²) < 4.78 is 0. The topological polar surface area (TPSA) is 49.4 Å². The van der Waals surface area contributed by atoms with Gasteiger partial charge in [0.2, 0.25) is 5.91 Å². The first kappa shape index (κ1) is 21.0. The van der Waals surface area contributed by atoms with Crippen LogP contribution in [0.25, 0.3) is 0 Å². The van der Waals surface area contributed by atoms with Crippen LogP contribution in [-0.2, 0) is 4.79 Å². The molecule has 1 aliphatic heterocycles. The average Bonchev–Trinajstić information content (AvgIpc) is 2.72. The van der Waals surface area contributed by atoms with Crippen molar-refractivity contribution in [1.29, 1.82) is 0 Å². The van der Waals surface area contributed by atoms with Gasteiger partial charge >= 0.3 is 0 Å². The summed E-state index contributed by atoms with van der Waals surface area (Å²) in [6, 6.07) is 8.26. The summed E-state index contributed by atoms with van der Waals surface area (Å²) in [6.45, 7) is 5.79. The SMILES string of the molecule is CC(C)c1ccc(C(=O)N2CCC(NC(=O)CC34CC5CC(CC(C5)C3)C4)CC2)cc1. The van der Waals surface area contributed by atoms with E-state index in [1.165, 1.54) is 44.1 Å². The van der Waals surface area contributed by atoms with Crippen molar-refractivity contribution in [2.24, 2.45) is 23.2 Å². The summed E-state index contributed by atoms with van der Waals surface area (Å²) in [5.41, 5.74) is 2.34. The number of carbonyl (C=O) groups is 2. The molecule has 31 heavy (non-hydrogen) atoms. The molecule has 4 heteroatoms. The molecule has 4 nitrogen and oxygen atoms in total. The summed E-state index contributed by atoms with van der Waals surface area (Å²) in [6.07, 6.45) is 10.6. The first-order valence-electron chi connectivity index (χ1n) is 12.6. The second kappa shape index (κ2) is 8.26. The van der Waals surface area contributed by atoms with Crippen LogP contribution in [0.1, 0.15) is 93.5 Å². The molecular formula is C27H38N2O2. The molecule has 1 aromatic rings. The average molecular weight is 423 g/mol. The molecular weight excluding hydrogens is 384 g/mol. The molecule has 0 spiro atoms. The lowest BCUT2D eigenvalue weighted by molar-refractivity contribution is -0.130. The Labute approximate surface area is 187 Å². The highest BCUT2D eigenvalue weighted by molar-refractivity contribution is 5.94. The van der Waals surface area contributed by atoms with Crippen LogP contribution in [0.5, 0.6) is 0 Å². The fourth-order valence-corrected chi connectivity index (χ4v) is 7.55. The van der Waals surface area contributed by atoms with Gasteiger partial charge in [-0.2, -0.15) is 0 Å². The van der Waals surface area contributed by atoms with Gasteiger partial charge in [-0.05, 0) is 98.1 Å². The molecule has 0 unspecified atom stereocenters. The summed E-state index contributed by atoms with van der Waals surface area (Å²) in [7, 11) is 0. The Hall–Kier alpha value is -1.84. The van der Waals surface area contributed by atoms with Crippen molar-refractivity contribution in [2.45, 2.75) is 83.6 Å². The lowest BCUT2D eigenvalue weighted by Gasteiger charge is -2.56. The number of nitrogens with zero attached hydrogens (tertiary/aromatic N) is 1. The normalized spacial score (nSPS) is 32.5. The van der Waals surface area contributed by atoms with Gasteiger partial charge in [0, 0.05) is 31.1 Å². The van der Waals surface area contributed by atoms with Crippen molar-refractivity contribution in [3.63, 3.8) is 0 Å². The van der Waals surface area contributed by atoms with Crippen LogP contribution >= 0.6 is 0 Å². The van der Waals surface area contributed by atoms with Gasteiger partial charge in [-0.1, -0.05) is 26.0 Å². The van der Waals surface area contributed by atoms with Gasteiger partial charge in [-0.3, -0.25) is 9.59 Å². The Kier molecular flexibility index (Phi) is 5.60. The number of hydrogen-bond acceptors (Lipinski definition) is 2. The summed E-state index contributed by atoms with van der Waals surface area (Å²) >= 11 is 0. The lowest BCUT2D eigenvalue weighted by Crippen LogP contribution is -2.50. The molecule has 2 amide bonds. The molecule has 0 radical (unpaired) electrons. The third kappa shape index (κ3) is 4.40. The molecule has 1 N–H and O–H groups in total. The van der Waals surface area contributed by atoms with E-state index in [9.17, 15) is 9.59 Å². The number of benzene rings is 1. The minimum atomic E-state index is 0.119. The van der Waals surface area contributed by atoms with E-state index in [1.807, 2.05) is 17.0 Å². The zero-order chi connectivity index (χ0) is 21.6. The van der Waals surface area contributed by atoms with E-state index in [1.54, 1.807) is 0 Å². The van der Waals surface area contributed by atoms with E-state index in [2.05, 4.69) is 31.3 Å². The third-order valence-electron chi connectivity index (χ3n) is 8.67. The molecule has 5 fully saturated rings. The first-order valence-corrected chi connectivity index (χ1v) is 12.6. The molecule has 1 aromatic carbocycles. The monoisotopic (exact) mass is 422 g/mol. The Balaban J connectivity index is 1.11. The van der Waals surface area contributed by atoms with Crippen LogP contribution in [0.2, 0.25) is 0 Å². The summed E-state index contributed by atoms with van der Waals surface area (Å²) in [5, 5.41) is 3.34. The second-order valence-corrected chi connectivity index (χ2v) is 11.5. The molecule has 0 aromatic heterocycles. The number of hydrogen-bond donors (Lipinski definition) is 1. The molecule has 168 valence electrons. The van der Waals surface area contributed by atoms with E-state index < -0.39 is 0 Å². The van der Waals surface area contributed by atoms with Gasteiger partial charge in [-0.25, -0.2) is 0 Å². The van der Waals surface area contributed by atoms with Crippen LogP contribution in [0.15, 0.2) is 24.3 Å². The van der Waals surface area contributed by atoms with E-state index in [-0.39, 0.29) is 17.9 Å². The quantitative estimate of drug-likeness (QED) is 0.714. The van der Waals surface area contributed by atoms with Crippen LogP contribution in [0, 0.1) is 23.2 Å². The van der Waals surface area contributed by atoms with Gasteiger partial charge < -0.3 is 10.2 Å². The molecule has 4 bridgehead atoms. The van der Waals surface area contributed by atoms with Crippen LogP contribution in [0.4, 0.5) is 0 Å². The Bertz CT molecular complexity index is 785. The van der Waals surface area contributed by atoms with Crippen molar-refractivity contribution in [2.75, 3.05) is 13.1 Å². The highest BCUT2D eigenvalue weighted by Crippen LogP contribution is 2.61. The lowest BCUT2D eigenvalue weighted by atomic mass is 9.49. The highest BCUT2D eigenvalue weighted by atomic mass is 16.2. The number of likely N-dealkylation sites (tertiary alicyclic amines) is 1. The van der Waals surface area contributed by atoms with Gasteiger partial charge in [0.1, 0.15) is 0 Å². The molecule has 5 aliphatic rings. The Morgan fingerprint density at radius 3 is 2.03 bits per heavy atom. The number of nitrogens with one attached hydrogen (secondary N) is 1. The molecule has 0 atom stereocenters. The number of rotatable bonds is 5. The van der Waals surface area contributed by atoms with Gasteiger partial charge in [0.25, 0.3) is 5.91 Å². The van der Waals surface area contributed by atoms with Crippen LogP contribution in [-0.4, -0.2) is 35.8 Å². The van der Waals surface area contributed by atoms with Crippen molar-refractivity contribution < 1.29 is 9.59 Å². The van der Waals surface area contributed by atoms with Crippen LogP contribution in [0.3, 0.4) is 0 Å². The first-order chi connectivity index (χ1) is 14.9. The predicted molar refractivity (Wildman–Crippen MR) is 123 cm³/mol. The van der Waals surface area contributed by atoms with Crippen molar-refractivity contribution in [3.05, 3.63) is 35.4 Å².